The van der Waals surface area contributed by atoms with Gasteiger partial charge in [-0.2, -0.15) is 0 Å². The summed E-state index contributed by atoms with van der Waals surface area (Å²) in [6, 6.07) is 10.8. The van der Waals surface area contributed by atoms with Gasteiger partial charge in [0.2, 0.25) is 0 Å². The molecular formula is C36H47ClN4O6S. The summed E-state index contributed by atoms with van der Waals surface area (Å²) < 4.78 is 40.1. The lowest BCUT2D eigenvalue weighted by molar-refractivity contribution is -0.137. The van der Waals surface area contributed by atoms with Gasteiger partial charge >= 0.3 is 6.03 Å². The number of carbonyl (C=O) groups is 2. The average Bonchev–Trinajstić information content (AvgIpc) is 3.18. The molecule has 10 nitrogen and oxygen atoms in total. The van der Waals surface area contributed by atoms with Gasteiger partial charge in [-0.1, -0.05) is 43.2 Å². The number of methoxy groups -OCH3 is 1. The molecule has 0 aromatic heterocycles. The minimum atomic E-state index is -3.76. The van der Waals surface area contributed by atoms with E-state index in [-0.39, 0.29) is 23.5 Å². The van der Waals surface area contributed by atoms with Gasteiger partial charge in [-0.3, -0.25) is 4.79 Å². The number of hydrogen-bond donors (Lipinski definition) is 1. The number of aryl methyl sites for hydroxylation is 1. The van der Waals surface area contributed by atoms with Crippen molar-refractivity contribution in [3.8, 4) is 5.75 Å². The topological polar surface area (TPSA) is 110 Å². The molecule has 48 heavy (non-hydrogen) atoms. The van der Waals surface area contributed by atoms with E-state index >= 15 is 0 Å². The van der Waals surface area contributed by atoms with Gasteiger partial charge in [0, 0.05) is 44.2 Å². The number of halogens is 1. The summed E-state index contributed by atoms with van der Waals surface area (Å²) in [4.78, 5) is 30.9. The van der Waals surface area contributed by atoms with Crippen LogP contribution >= 0.6 is 11.6 Å². The Kier molecular flexibility index (Phi) is 10.4. The van der Waals surface area contributed by atoms with E-state index < -0.39 is 27.5 Å². The van der Waals surface area contributed by atoms with Crippen LogP contribution in [-0.4, -0.2) is 79.3 Å². The highest BCUT2D eigenvalue weighted by molar-refractivity contribution is 7.92. The zero-order valence-corrected chi connectivity index (χ0v) is 29.9. The second kappa shape index (κ2) is 14.4. The summed E-state index contributed by atoms with van der Waals surface area (Å²) in [6.45, 7) is 8.45. The molecule has 5 atom stereocenters. The first-order valence-electron chi connectivity index (χ1n) is 17.0. The van der Waals surface area contributed by atoms with Gasteiger partial charge in [-0.05, 0) is 92.8 Å². The van der Waals surface area contributed by atoms with E-state index in [0.717, 1.165) is 44.3 Å². The van der Waals surface area contributed by atoms with E-state index in [0.29, 0.717) is 48.8 Å². The minimum absolute atomic E-state index is 0.0431. The largest absolute Gasteiger partial charge is 0.491 e. The van der Waals surface area contributed by atoms with Crippen molar-refractivity contribution in [3.63, 3.8) is 0 Å². The highest BCUT2D eigenvalue weighted by Crippen LogP contribution is 2.43. The number of benzene rings is 2. The van der Waals surface area contributed by atoms with Gasteiger partial charge in [0.1, 0.15) is 11.4 Å². The SMILES string of the molecule is CCCc1cc(Cl)ccc1C1COc2ccc3cc2N(C1)C[C@@H]1CCC1C(OC)/C=C/COC(C)(C)C(=O)N=S3(=O)NC(=O)N1CCC1. The van der Waals surface area contributed by atoms with Gasteiger partial charge < -0.3 is 24.0 Å². The first kappa shape index (κ1) is 34.7. The van der Waals surface area contributed by atoms with Crippen molar-refractivity contribution in [2.45, 2.75) is 75.4 Å². The fourth-order valence-electron chi connectivity index (χ4n) is 6.97. The molecule has 12 heteroatoms. The Balaban J connectivity index is 1.46. The van der Waals surface area contributed by atoms with E-state index in [2.05, 4.69) is 33.0 Å². The molecule has 2 aromatic carbocycles. The van der Waals surface area contributed by atoms with Gasteiger partial charge in [0.25, 0.3) is 5.91 Å². The maximum Gasteiger partial charge on any atom is 0.330 e. The van der Waals surface area contributed by atoms with E-state index in [1.165, 1.54) is 11.1 Å². The van der Waals surface area contributed by atoms with Crippen LogP contribution in [-0.2, 0) is 30.6 Å². The Hall–Kier alpha value is -3.12. The molecule has 2 aromatic rings. The second-order valence-electron chi connectivity index (χ2n) is 13.8. The summed E-state index contributed by atoms with van der Waals surface area (Å²) in [5, 5.41) is 0.715. The number of carbonyl (C=O) groups excluding carboxylic acids is 2. The molecule has 1 N–H and O–H groups in total. The maximum absolute atomic E-state index is 14.8. The molecular weight excluding hydrogens is 652 g/mol. The van der Waals surface area contributed by atoms with Gasteiger partial charge in [-0.15, -0.1) is 4.36 Å². The number of hydrogen-bond acceptors (Lipinski definition) is 7. The molecule has 3 heterocycles. The lowest BCUT2D eigenvalue weighted by atomic mass is 9.70. The Bertz CT molecular complexity index is 1680. The molecule has 1 aliphatic carbocycles. The number of anilines is 1. The number of amides is 3. The van der Waals surface area contributed by atoms with E-state index in [4.69, 9.17) is 25.8 Å². The fourth-order valence-corrected chi connectivity index (χ4v) is 8.78. The lowest BCUT2D eigenvalue weighted by Gasteiger charge is -2.43. The molecule has 1 saturated heterocycles. The molecule has 4 unspecified atom stereocenters. The summed E-state index contributed by atoms with van der Waals surface area (Å²) >= 11 is 6.44. The van der Waals surface area contributed by atoms with Crippen LogP contribution in [0.25, 0.3) is 0 Å². The van der Waals surface area contributed by atoms with Crippen LogP contribution in [0.4, 0.5) is 10.5 Å². The lowest BCUT2D eigenvalue weighted by Crippen LogP contribution is -2.49. The summed E-state index contributed by atoms with van der Waals surface area (Å²) in [5.41, 5.74) is 1.78. The van der Waals surface area contributed by atoms with Gasteiger partial charge in [0.15, 0.2) is 9.92 Å². The fraction of sp³-hybridized carbons (Fsp3) is 0.556. The summed E-state index contributed by atoms with van der Waals surface area (Å²) in [6.07, 6.45) is 8.64. The molecule has 0 radical (unpaired) electrons. The molecule has 1 saturated carbocycles. The standard InChI is InChI=1S/C36H47ClN4O6S/c1-5-8-24-19-27(37)11-14-29(24)26-22-41-21-25-10-13-30(25)32(45-4)9-6-18-47-36(2,3)34(42)38-48(44,39-35(43)40-16-7-17-40)28-12-15-33(46-23-26)31(41)20-28/h6,9,11-12,14-15,19-20,25-26,30,32H,5,7-8,10,13,16-18,21-23H2,1-4H3,(H,38,39,42,43,44)/b9-6+/t25-,26?,30?,32?,48?/m0/s1. The minimum Gasteiger partial charge on any atom is -0.491 e. The number of rotatable bonds is 5. The Morgan fingerprint density at radius 1 is 1.17 bits per heavy atom. The third kappa shape index (κ3) is 7.25. The van der Waals surface area contributed by atoms with Crippen molar-refractivity contribution >= 4 is 39.1 Å². The van der Waals surface area contributed by atoms with Crippen LogP contribution in [0.15, 0.2) is 57.8 Å². The number of likely N-dealkylation sites (tertiary alicyclic amines) is 1. The van der Waals surface area contributed by atoms with Crippen molar-refractivity contribution in [3.05, 3.63) is 64.7 Å². The highest BCUT2D eigenvalue weighted by Gasteiger charge is 2.40. The number of fused-ring (bicyclic) bond motifs is 2. The predicted octanol–water partition coefficient (Wildman–Crippen LogP) is 6.37. The third-order valence-corrected chi connectivity index (χ3v) is 12.1. The van der Waals surface area contributed by atoms with Gasteiger partial charge in [0.05, 0.1) is 29.9 Å². The quantitative estimate of drug-likeness (QED) is 0.362. The Morgan fingerprint density at radius 2 is 1.98 bits per heavy atom. The normalized spacial score (nSPS) is 29.2. The molecule has 2 bridgehead atoms. The van der Waals surface area contributed by atoms with Crippen LogP contribution in [0.5, 0.6) is 5.75 Å². The molecule has 3 amide bonds. The van der Waals surface area contributed by atoms with Crippen molar-refractivity contribution in [1.29, 1.82) is 0 Å². The number of nitrogens with one attached hydrogen (secondary N) is 1. The average molecular weight is 699 g/mol. The summed E-state index contributed by atoms with van der Waals surface area (Å²) in [5.74, 6) is 0.597. The molecule has 6 rings (SSSR count). The predicted molar refractivity (Wildman–Crippen MR) is 187 cm³/mol. The van der Waals surface area contributed by atoms with Crippen LogP contribution in [0, 0.1) is 11.8 Å². The van der Waals surface area contributed by atoms with Crippen molar-refractivity contribution < 1.29 is 28.0 Å². The van der Waals surface area contributed by atoms with Crippen molar-refractivity contribution in [2.75, 3.05) is 51.4 Å². The number of nitrogens with zero attached hydrogens (tertiary/aromatic N) is 3. The van der Waals surface area contributed by atoms with Crippen molar-refractivity contribution in [1.82, 2.24) is 9.62 Å². The highest BCUT2D eigenvalue weighted by atomic mass is 35.5. The first-order valence-corrected chi connectivity index (χ1v) is 18.9. The molecule has 260 valence electrons. The smallest absolute Gasteiger partial charge is 0.330 e. The van der Waals surface area contributed by atoms with Gasteiger partial charge in [-0.25, -0.2) is 13.7 Å². The van der Waals surface area contributed by atoms with Crippen LogP contribution in [0.2, 0.25) is 5.02 Å². The second-order valence-corrected chi connectivity index (χ2v) is 16.1. The van der Waals surface area contributed by atoms with E-state index in [1.54, 1.807) is 44.1 Å². The number of ether oxygens (including phenoxy) is 3. The van der Waals surface area contributed by atoms with Crippen LogP contribution < -0.4 is 14.4 Å². The van der Waals surface area contributed by atoms with Crippen LogP contribution in [0.3, 0.4) is 0 Å². The van der Waals surface area contributed by atoms with Crippen LogP contribution in [0.1, 0.15) is 63.5 Å². The molecule has 0 spiro atoms. The van der Waals surface area contributed by atoms with E-state index in [9.17, 15) is 13.8 Å². The monoisotopic (exact) mass is 698 g/mol. The first-order chi connectivity index (χ1) is 23.0. The zero-order chi connectivity index (χ0) is 34.1. The maximum atomic E-state index is 14.8. The Morgan fingerprint density at radius 3 is 2.67 bits per heavy atom. The third-order valence-electron chi connectivity index (χ3n) is 10.1. The zero-order valence-electron chi connectivity index (χ0n) is 28.3. The molecule has 4 aliphatic rings. The van der Waals surface area contributed by atoms with Crippen molar-refractivity contribution in [2.24, 2.45) is 16.2 Å². The molecule has 2 fully saturated rings. The van der Waals surface area contributed by atoms with E-state index in [1.807, 2.05) is 18.2 Å². The number of urea groups is 1. The molecule has 3 aliphatic heterocycles. The summed E-state index contributed by atoms with van der Waals surface area (Å²) in [7, 11) is -2.03. The Labute approximate surface area is 289 Å².